The zero-order chi connectivity index (χ0) is 15.4. The van der Waals surface area contributed by atoms with Crippen molar-refractivity contribution >= 4 is 0 Å². The van der Waals surface area contributed by atoms with Gasteiger partial charge in [0.15, 0.2) is 0 Å². The molecule has 1 unspecified atom stereocenters. The van der Waals surface area contributed by atoms with Crippen LogP contribution in [0.3, 0.4) is 0 Å². The van der Waals surface area contributed by atoms with Gasteiger partial charge in [-0.3, -0.25) is 4.90 Å². The topological polar surface area (TPSA) is 56.3 Å². The van der Waals surface area contributed by atoms with Crippen LogP contribution in [0, 0.1) is 6.92 Å². The molecule has 1 heterocycles. The van der Waals surface area contributed by atoms with Crippen molar-refractivity contribution in [3.8, 4) is 5.88 Å². The molecule has 1 aliphatic carbocycles. The average Bonchev–Trinajstić information content (AvgIpc) is 2.79. The highest BCUT2D eigenvalue weighted by molar-refractivity contribution is 5.34. The van der Waals surface area contributed by atoms with E-state index in [9.17, 15) is 0 Å². The number of likely N-dealkylation sites (N-methyl/N-ethyl adjacent to an activating group) is 1. The second-order valence-electron chi connectivity index (χ2n) is 6.01. The maximum atomic E-state index is 6.16. The molecule has 0 amide bonds. The summed E-state index contributed by atoms with van der Waals surface area (Å²) in [6.45, 7) is 5.90. The molecule has 120 valence electrons. The van der Waals surface area contributed by atoms with Crippen LogP contribution in [-0.4, -0.2) is 40.9 Å². The van der Waals surface area contributed by atoms with E-state index in [1.165, 1.54) is 32.1 Å². The molecule has 1 fully saturated rings. The lowest BCUT2D eigenvalue weighted by Crippen LogP contribution is -2.42. The number of hydrogen-bond acceptors (Lipinski definition) is 4. The fraction of sp³-hybridized carbons (Fsp3) is 0.812. The highest BCUT2D eigenvalue weighted by Gasteiger charge is 2.31. The summed E-state index contributed by atoms with van der Waals surface area (Å²) in [7, 11) is 3.64. The van der Waals surface area contributed by atoms with Gasteiger partial charge in [0.05, 0.1) is 24.4 Å². The van der Waals surface area contributed by atoms with Crippen molar-refractivity contribution in [3.63, 3.8) is 0 Å². The number of methoxy groups -OCH3 is 1. The van der Waals surface area contributed by atoms with Crippen LogP contribution < -0.4 is 10.5 Å². The maximum Gasteiger partial charge on any atom is 0.216 e. The molecule has 0 bridgehead atoms. The van der Waals surface area contributed by atoms with E-state index in [1.54, 1.807) is 7.11 Å². The second kappa shape index (κ2) is 7.27. The van der Waals surface area contributed by atoms with Crippen LogP contribution in [0.4, 0.5) is 0 Å². The molecule has 1 atom stereocenters. The van der Waals surface area contributed by atoms with Crippen molar-refractivity contribution < 1.29 is 4.74 Å². The van der Waals surface area contributed by atoms with Gasteiger partial charge in [-0.1, -0.05) is 26.2 Å². The van der Waals surface area contributed by atoms with E-state index in [4.69, 9.17) is 10.5 Å². The zero-order valence-corrected chi connectivity index (χ0v) is 13.9. The van der Waals surface area contributed by atoms with Gasteiger partial charge < -0.3 is 10.5 Å². The summed E-state index contributed by atoms with van der Waals surface area (Å²) in [6.07, 6.45) is 6.61. The first-order valence-electron chi connectivity index (χ1n) is 8.17. The smallest absolute Gasteiger partial charge is 0.216 e. The van der Waals surface area contributed by atoms with Crippen LogP contribution in [0.1, 0.15) is 56.3 Å². The molecule has 1 aromatic rings. The molecular formula is C16H30N4O. The predicted molar refractivity (Wildman–Crippen MR) is 85.5 cm³/mol. The summed E-state index contributed by atoms with van der Waals surface area (Å²) >= 11 is 0. The normalized spacial score (nSPS) is 18.2. The molecule has 1 aromatic heterocycles. The standard InChI is InChI=1S/C16H30N4O/c1-5-20(13-9-7-6-8-10-13)14(11-17)15-12(2)18-19(3)16(15)21-4/h13-14H,5-11,17H2,1-4H3. The summed E-state index contributed by atoms with van der Waals surface area (Å²) < 4.78 is 7.40. The van der Waals surface area contributed by atoms with Crippen molar-refractivity contribution in [2.45, 2.75) is 58.0 Å². The van der Waals surface area contributed by atoms with Crippen molar-refractivity contribution in [2.24, 2.45) is 12.8 Å². The lowest BCUT2D eigenvalue weighted by atomic mass is 9.92. The largest absolute Gasteiger partial charge is 0.481 e. The number of aromatic nitrogens is 2. The number of ether oxygens (including phenoxy) is 1. The van der Waals surface area contributed by atoms with Crippen LogP contribution in [0.5, 0.6) is 5.88 Å². The fourth-order valence-electron chi connectivity index (χ4n) is 3.84. The van der Waals surface area contributed by atoms with E-state index in [-0.39, 0.29) is 6.04 Å². The molecule has 1 aliphatic rings. The van der Waals surface area contributed by atoms with Gasteiger partial charge in [0.1, 0.15) is 0 Å². The minimum Gasteiger partial charge on any atom is -0.481 e. The Balaban J connectivity index is 2.32. The first-order valence-corrected chi connectivity index (χ1v) is 8.17. The molecule has 2 N–H and O–H groups in total. The first kappa shape index (κ1) is 16.3. The average molecular weight is 294 g/mol. The van der Waals surface area contributed by atoms with Gasteiger partial charge >= 0.3 is 0 Å². The molecule has 0 aromatic carbocycles. The lowest BCUT2D eigenvalue weighted by Gasteiger charge is -2.39. The van der Waals surface area contributed by atoms with Gasteiger partial charge in [-0.25, -0.2) is 4.68 Å². The number of nitrogens with two attached hydrogens (primary N) is 1. The molecular weight excluding hydrogens is 264 g/mol. The number of rotatable bonds is 6. The Hall–Kier alpha value is -1.07. The minimum atomic E-state index is 0.196. The van der Waals surface area contributed by atoms with Crippen LogP contribution in [0.25, 0.3) is 0 Å². The molecule has 2 rings (SSSR count). The summed E-state index contributed by atoms with van der Waals surface area (Å²) in [4.78, 5) is 2.56. The highest BCUT2D eigenvalue weighted by atomic mass is 16.5. The van der Waals surface area contributed by atoms with Crippen molar-refractivity contribution in [1.82, 2.24) is 14.7 Å². The Kier molecular flexibility index (Phi) is 5.65. The van der Waals surface area contributed by atoms with Gasteiger partial charge in [-0.05, 0) is 26.3 Å². The van der Waals surface area contributed by atoms with E-state index in [0.29, 0.717) is 12.6 Å². The molecule has 0 spiro atoms. The molecule has 5 nitrogen and oxygen atoms in total. The van der Waals surface area contributed by atoms with E-state index < -0.39 is 0 Å². The number of nitrogens with zero attached hydrogens (tertiary/aromatic N) is 3. The van der Waals surface area contributed by atoms with Crippen molar-refractivity contribution in [1.29, 1.82) is 0 Å². The lowest BCUT2D eigenvalue weighted by molar-refractivity contribution is 0.111. The summed E-state index contributed by atoms with van der Waals surface area (Å²) in [5, 5.41) is 4.52. The molecule has 0 radical (unpaired) electrons. The highest BCUT2D eigenvalue weighted by Crippen LogP contribution is 2.35. The Bertz CT molecular complexity index is 451. The SMILES string of the molecule is CCN(C1CCCCC1)C(CN)c1c(C)nn(C)c1OC. The zero-order valence-electron chi connectivity index (χ0n) is 13.9. The number of hydrogen-bond donors (Lipinski definition) is 1. The quantitative estimate of drug-likeness (QED) is 0.875. The third-order valence-corrected chi connectivity index (χ3v) is 4.77. The Morgan fingerprint density at radius 2 is 2.05 bits per heavy atom. The number of aryl methyl sites for hydroxylation is 2. The molecule has 0 saturated heterocycles. The molecule has 1 saturated carbocycles. The Labute approximate surface area is 128 Å². The summed E-state index contributed by atoms with van der Waals surface area (Å²) in [5.74, 6) is 0.845. The predicted octanol–water partition coefficient (Wildman–Crippen LogP) is 2.39. The first-order chi connectivity index (χ1) is 10.1. The van der Waals surface area contributed by atoms with E-state index in [0.717, 1.165) is 23.7 Å². The van der Waals surface area contributed by atoms with Gasteiger partial charge in [0, 0.05) is 19.6 Å². The maximum absolute atomic E-state index is 6.16. The van der Waals surface area contributed by atoms with Crippen LogP contribution in [-0.2, 0) is 7.05 Å². The van der Waals surface area contributed by atoms with E-state index >= 15 is 0 Å². The third-order valence-electron chi connectivity index (χ3n) is 4.77. The molecule has 21 heavy (non-hydrogen) atoms. The van der Waals surface area contributed by atoms with Crippen molar-refractivity contribution in [2.75, 3.05) is 20.2 Å². The van der Waals surface area contributed by atoms with Crippen LogP contribution >= 0.6 is 0 Å². The van der Waals surface area contributed by atoms with Gasteiger partial charge in [0.2, 0.25) is 5.88 Å². The van der Waals surface area contributed by atoms with Crippen molar-refractivity contribution in [3.05, 3.63) is 11.3 Å². The minimum absolute atomic E-state index is 0.196. The van der Waals surface area contributed by atoms with Crippen LogP contribution in [0.2, 0.25) is 0 Å². The van der Waals surface area contributed by atoms with Gasteiger partial charge in [-0.15, -0.1) is 0 Å². The van der Waals surface area contributed by atoms with E-state index in [2.05, 4.69) is 23.8 Å². The second-order valence-corrected chi connectivity index (χ2v) is 6.01. The Morgan fingerprint density at radius 3 is 2.57 bits per heavy atom. The monoisotopic (exact) mass is 294 g/mol. The summed E-state index contributed by atoms with van der Waals surface area (Å²) in [6, 6.07) is 0.836. The molecule has 0 aliphatic heterocycles. The fourth-order valence-corrected chi connectivity index (χ4v) is 3.84. The van der Waals surface area contributed by atoms with Gasteiger partial charge in [0.25, 0.3) is 0 Å². The molecule has 5 heteroatoms. The van der Waals surface area contributed by atoms with Crippen LogP contribution in [0.15, 0.2) is 0 Å². The van der Waals surface area contributed by atoms with Gasteiger partial charge in [-0.2, -0.15) is 5.10 Å². The van der Waals surface area contributed by atoms with E-state index in [1.807, 2.05) is 11.7 Å². The summed E-state index contributed by atoms with van der Waals surface area (Å²) in [5.41, 5.74) is 8.34. The Morgan fingerprint density at radius 1 is 1.38 bits per heavy atom. The third kappa shape index (κ3) is 3.24.